The zero-order chi connectivity index (χ0) is 15.5. The highest BCUT2D eigenvalue weighted by molar-refractivity contribution is 7.09. The average Bonchev–Trinajstić information content (AvgIpc) is 2.84. The standard InChI is InChI=1S/C16H20N2O2S/c1-12-11-21-14(17-12)10-18(3)15(19)9-16(2,20)13-7-5-4-6-8-13/h4-8,11,20H,9-10H2,1-3H3. The number of aryl methyl sites for hydroxylation is 1. The molecule has 0 bridgehead atoms. The van der Waals surface area contributed by atoms with Gasteiger partial charge in [0.1, 0.15) is 5.01 Å². The van der Waals surface area contributed by atoms with Gasteiger partial charge in [0, 0.05) is 18.1 Å². The largest absolute Gasteiger partial charge is 0.385 e. The highest BCUT2D eigenvalue weighted by atomic mass is 32.1. The van der Waals surface area contributed by atoms with Gasteiger partial charge in [-0.1, -0.05) is 30.3 Å². The second-order valence-corrected chi connectivity index (χ2v) is 6.39. The molecule has 2 rings (SSSR count). The summed E-state index contributed by atoms with van der Waals surface area (Å²) in [6.45, 7) is 4.08. The third-order valence-electron chi connectivity index (χ3n) is 3.36. The monoisotopic (exact) mass is 304 g/mol. The van der Waals surface area contributed by atoms with Crippen LogP contribution in [0.4, 0.5) is 0 Å². The molecule has 0 radical (unpaired) electrons. The Morgan fingerprint density at radius 2 is 2.05 bits per heavy atom. The summed E-state index contributed by atoms with van der Waals surface area (Å²) in [6.07, 6.45) is 0.0534. The number of benzene rings is 1. The lowest BCUT2D eigenvalue weighted by Crippen LogP contribution is -2.34. The molecule has 1 aromatic heterocycles. The molecule has 1 unspecified atom stereocenters. The number of aliphatic hydroxyl groups is 1. The molecule has 112 valence electrons. The zero-order valence-corrected chi connectivity index (χ0v) is 13.4. The second-order valence-electron chi connectivity index (χ2n) is 5.45. The van der Waals surface area contributed by atoms with E-state index in [1.165, 1.54) is 0 Å². The molecule has 1 N–H and O–H groups in total. The van der Waals surface area contributed by atoms with Crippen molar-refractivity contribution in [2.75, 3.05) is 7.05 Å². The first-order chi connectivity index (χ1) is 9.88. The van der Waals surface area contributed by atoms with E-state index in [4.69, 9.17) is 0 Å². The summed E-state index contributed by atoms with van der Waals surface area (Å²) in [5, 5.41) is 13.4. The predicted octanol–water partition coefficient (Wildman–Crippen LogP) is 2.71. The Hall–Kier alpha value is -1.72. The lowest BCUT2D eigenvalue weighted by Gasteiger charge is -2.26. The van der Waals surface area contributed by atoms with E-state index in [-0.39, 0.29) is 12.3 Å². The molecular weight excluding hydrogens is 284 g/mol. The summed E-state index contributed by atoms with van der Waals surface area (Å²) in [7, 11) is 1.74. The van der Waals surface area contributed by atoms with Crippen LogP contribution in [-0.2, 0) is 16.9 Å². The van der Waals surface area contributed by atoms with Gasteiger partial charge < -0.3 is 10.0 Å². The first-order valence-corrected chi connectivity index (χ1v) is 7.69. The van der Waals surface area contributed by atoms with E-state index in [0.717, 1.165) is 16.3 Å². The topological polar surface area (TPSA) is 53.4 Å². The zero-order valence-electron chi connectivity index (χ0n) is 12.5. The molecule has 4 nitrogen and oxygen atoms in total. The van der Waals surface area contributed by atoms with Crippen molar-refractivity contribution in [3.63, 3.8) is 0 Å². The molecule has 0 fully saturated rings. The third kappa shape index (κ3) is 4.12. The number of hydrogen-bond donors (Lipinski definition) is 1. The number of nitrogens with zero attached hydrogens (tertiary/aromatic N) is 2. The van der Waals surface area contributed by atoms with Gasteiger partial charge >= 0.3 is 0 Å². The van der Waals surface area contributed by atoms with Crippen LogP contribution >= 0.6 is 11.3 Å². The third-order valence-corrected chi connectivity index (χ3v) is 4.31. The Balaban J connectivity index is 2.00. The smallest absolute Gasteiger partial charge is 0.225 e. The van der Waals surface area contributed by atoms with E-state index in [2.05, 4.69) is 4.98 Å². The molecule has 1 aromatic carbocycles. The van der Waals surface area contributed by atoms with E-state index in [9.17, 15) is 9.90 Å². The van der Waals surface area contributed by atoms with Gasteiger partial charge in [-0.15, -0.1) is 11.3 Å². The minimum absolute atomic E-state index is 0.0534. The maximum absolute atomic E-state index is 12.3. The van der Waals surface area contributed by atoms with E-state index >= 15 is 0 Å². The van der Waals surface area contributed by atoms with Crippen LogP contribution in [0, 0.1) is 6.92 Å². The molecule has 21 heavy (non-hydrogen) atoms. The van der Waals surface area contributed by atoms with Crippen molar-refractivity contribution in [1.29, 1.82) is 0 Å². The molecule has 5 heteroatoms. The molecule has 0 aliphatic rings. The van der Waals surface area contributed by atoms with Crippen LogP contribution in [0.1, 0.15) is 29.6 Å². The van der Waals surface area contributed by atoms with Gasteiger partial charge in [-0.3, -0.25) is 4.79 Å². The van der Waals surface area contributed by atoms with Gasteiger partial charge in [0.2, 0.25) is 5.91 Å². The van der Waals surface area contributed by atoms with Gasteiger partial charge in [0.25, 0.3) is 0 Å². The molecule has 0 spiro atoms. The van der Waals surface area contributed by atoms with Crippen LogP contribution in [-0.4, -0.2) is 27.9 Å². The number of amides is 1. The van der Waals surface area contributed by atoms with E-state index in [1.807, 2.05) is 42.6 Å². The van der Waals surface area contributed by atoms with Crippen molar-refractivity contribution >= 4 is 17.2 Å². The lowest BCUT2D eigenvalue weighted by molar-refractivity contribution is -0.135. The molecular formula is C16H20N2O2S. The summed E-state index contributed by atoms with van der Waals surface area (Å²) in [6, 6.07) is 9.26. The molecule has 2 aromatic rings. The maximum Gasteiger partial charge on any atom is 0.225 e. The quantitative estimate of drug-likeness (QED) is 0.924. The summed E-state index contributed by atoms with van der Waals surface area (Å²) >= 11 is 1.54. The van der Waals surface area contributed by atoms with Gasteiger partial charge in [-0.25, -0.2) is 4.98 Å². The van der Waals surface area contributed by atoms with Crippen LogP contribution in [0.15, 0.2) is 35.7 Å². The van der Waals surface area contributed by atoms with Crippen molar-refractivity contribution in [1.82, 2.24) is 9.88 Å². The number of aromatic nitrogens is 1. The summed E-state index contributed by atoms with van der Waals surface area (Å²) in [4.78, 5) is 18.2. The number of rotatable bonds is 5. The second kappa shape index (κ2) is 6.37. The number of hydrogen-bond acceptors (Lipinski definition) is 4. The lowest BCUT2D eigenvalue weighted by atomic mass is 9.92. The maximum atomic E-state index is 12.3. The van der Waals surface area contributed by atoms with Crippen LogP contribution < -0.4 is 0 Å². The first-order valence-electron chi connectivity index (χ1n) is 6.81. The highest BCUT2D eigenvalue weighted by Gasteiger charge is 2.28. The fraction of sp³-hybridized carbons (Fsp3) is 0.375. The first kappa shape index (κ1) is 15.7. The van der Waals surface area contributed by atoms with E-state index in [1.54, 1.807) is 30.2 Å². The minimum Gasteiger partial charge on any atom is -0.385 e. The molecule has 1 heterocycles. The molecule has 1 atom stereocenters. The molecule has 1 amide bonds. The average molecular weight is 304 g/mol. The van der Waals surface area contributed by atoms with Crippen LogP contribution in [0.3, 0.4) is 0 Å². The fourth-order valence-corrected chi connectivity index (χ4v) is 2.92. The summed E-state index contributed by atoms with van der Waals surface area (Å²) < 4.78 is 0. The van der Waals surface area contributed by atoms with Crippen molar-refractivity contribution in [2.24, 2.45) is 0 Å². The van der Waals surface area contributed by atoms with Crippen LogP contribution in [0.5, 0.6) is 0 Å². The minimum atomic E-state index is -1.16. The molecule has 0 aliphatic carbocycles. The normalized spacial score (nSPS) is 13.7. The predicted molar refractivity (Wildman–Crippen MR) is 84.0 cm³/mol. The van der Waals surface area contributed by atoms with Gasteiger partial charge in [0.05, 0.1) is 18.6 Å². The molecule has 0 aliphatic heterocycles. The van der Waals surface area contributed by atoms with Crippen molar-refractivity contribution < 1.29 is 9.90 Å². The molecule has 0 saturated carbocycles. The Bertz CT molecular complexity index is 608. The molecule has 0 saturated heterocycles. The van der Waals surface area contributed by atoms with Gasteiger partial charge in [-0.2, -0.15) is 0 Å². The number of carbonyl (C=O) groups excluding carboxylic acids is 1. The summed E-state index contributed by atoms with van der Waals surface area (Å²) in [5.41, 5.74) is 0.551. The van der Waals surface area contributed by atoms with E-state index < -0.39 is 5.60 Å². The fourth-order valence-electron chi connectivity index (χ4n) is 2.10. The Morgan fingerprint density at radius 3 is 2.62 bits per heavy atom. The summed E-state index contributed by atoms with van der Waals surface area (Å²) in [5.74, 6) is -0.100. The van der Waals surface area contributed by atoms with Gasteiger partial charge in [-0.05, 0) is 19.4 Å². The Labute approximate surface area is 129 Å². The van der Waals surface area contributed by atoms with E-state index in [0.29, 0.717) is 6.54 Å². The SMILES string of the molecule is Cc1csc(CN(C)C(=O)CC(C)(O)c2ccccc2)n1. The van der Waals surface area contributed by atoms with Crippen molar-refractivity contribution in [2.45, 2.75) is 32.4 Å². The number of thiazole rings is 1. The van der Waals surface area contributed by atoms with Crippen LogP contribution in [0.25, 0.3) is 0 Å². The van der Waals surface area contributed by atoms with Crippen LogP contribution in [0.2, 0.25) is 0 Å². The Kier molecular flexibility index (Phi) is 4.75. The van der Waals surface area contributed by atoms with Crippen molar-refractivity contribution in [3.8, 4) is 0 Å². The number of carbonyl (C=O) groups is 1. The Morgan fingerprint density at radius 1 is 1.38 bits per heavy atom. The highest BCUT2D eigenvalue weighted by Crippen LogP contribution is 2.25. The van der Waals surface area contributed by atoms with Crippen molar-refractivity contribution in [3.05, 3.63) is 52.0 Å². The van der Waals surface area contributed by atoms with Gasteiger partial charge in [0.15, 0.2) is 0 Å².